The van der Waals surface area contributed by atoms with Gasteiger partial charge < -0.3 is 39.7 Å². The summed E-state index contributed by atoms with van der Waals surface area (Å²) < 4.78 is 41.5. The number of aromatic nitrogens is 4. The molecule has 8 N–H and O–H groups in total. The van der Waals surface area contributed by atoms with Crippen molar-refractivity contribution in [1.82, 2.24) is 19.5 Å². The molecule has 174 valence electrons. The first-order valence-electron chi connectivity index (χ1n) is 8.00. The first-order chi connectivity index (χ1) is 14.2. The number of anilines is 1. The van der Waals surface area contributed by atoms with Gasteiger partial charge in [0.25, 0.3) is 5.56 Å². The highest BCUT2D eigenvalue weighted by molar-refractivity contribution is 8.08. The molecule has 0 aromatic carbocycles. The molecular weight excluding hydrogens is 507 g/mol. The van der Waals surface area contributed by atoms with E-state index in [0.717, 1.165) is 0 Å². The Labute approximate surface area is 176 Å². The summed E-state index contributed by atoms with van der Waals surface area (Å²) in [6.07, 6.45) is -1.96. The molecule has 0 aliphatic carbocycles. The third-order valence-electron chi connectivity index (χ3n) is 3.78. The van der Waals surface area contributed by atoms with Crippen LogP contribution < -0.4 is 11.3 Å². The minimum Gasteiger partial charge on any atom is -0.390 e. The molecule has 21 heteroatoms. The van der Waals surface area contributed by atoms with E-state index in [-0.39, 0.29) is 23.5 Å². The highest BCUT2D eigenvalue weighted by Crippen LogP contribution is 2.66. The van der Waals surface area contributed by atoms with Crippen molar-refractivity contribution >= 4 is 51.3 Å². The Morgan fingerprint density at radius 1 is 1.32 bits per heavy atom. The number of aromatic amines is 1. The Hall–Kier alpha value is -1.10. The number of aliphatic hydroxyl groups excluding tert-OH is 1. The van der Waals surface area contributed by atoms with Crippen LogP contribution in [0.3, 0.4) is 0 Å². The van der Waals surface area contributed by atoms with Crippen molar-refractivity contribution in [1.29, 1.82) is 0 Å². The number of hydrogen-bond acceptors (Lipinski definition) is 12. The van der Waals surface area contributed by atoms with Crippen LogP contribution in [0.1, 0.15) is 12.6 Å². The maximum absolute atomic E-state index is 11.9. The Morgan fingerprint density at radius 3 is 2.65 bits per heavy atom. The quantitative estimate of drug-likeness (QED) is 0.201. The molecule has 31 heavy (non-hydrogen) atoms. The predicted octanol–water partition coefficient (Wildman–Crippen LogP) is -1.19. The number of imidazole rings is 1. The third-order valence-corrected chi connectivity index (χ3v) is 8.50. The van der Waals surface area contributed by atoms with Crippen LogP contribution in [-0.4, -0.2) is 63.0 Å². The Bertz CT molecular complexity index is 1180. The van der Waals surface area contributed by atoms with Gasteiger partial charge in [-0.3, -0.25) is 14.3 Å². The molecular formula is C10H16N5O12P3S. The topological polar surface area (TPSA) is 262 Å². The fourth-order valence-corrected chi connectivity index (χ4v) is 6.63. The molecule has 17 nitrogen and oxygen atoms in total. The van der Waals surface area contributed by atoms with Crippen LogP contribution in [0.25, 0.3) is 11.2 Å². The number of H-pyrrole nitrogens is 1. The molecule has 2 aromatic rings. The summed E-state index contributed by atoms with van der Waals surface area (Å²) in [7, 11) is -10.9. The average Bonchev–Trinajstić information content (AvgIpc) is 3.13. The minimum atomic E-state index is -5.46. The zero-order valence-electron chi connectivity index (χ0n) is 15.0. The van der Waals surface area contributed by atoms with E-state index < -0.39 is 53.0 Å². The van der Waals surface area contributed by atoms with Crippen LogP contribution in [0.5, 0.6) is 0 Å². The molecule has 2 aromatic heterocycles. The molecule has 3 rings (SSSR count). The molecule has 0 bridgehead atoms. The molecule has 3 heterocycles. The number of fused-ring (bicyclic) bond motifs is 1. The normalized spacial score (nSPS) is 26.0. The third kappa shape index (κ3) is 6.24. The van der Waals surface area contributed by atoms with Gasteiger partial charge in [-0.15, -0.1) is 0 Å². The molecule has 1 fully saturated rings. The lowest BCUT2D eigenvalue weighted by Crippen LogP contribution is -2.26. The zero-order valence-corrected chi connectivity index (χ0v) is 18.5. The van der Waals surface area contributed by atoms with Crippen molar-refractivity contribution in [3.8, 4) is 0 Å². The zero-order chi connectivity index (χ0) is 23.2. The number of nitrogens with one attached hydrogen (secondary N) is 1. The number of aliphatic hydroxyl groups is 1. The Balaban J connectivity index is 1.67. The molecule has 0 radical (unpaired) electrons. The van der Waals surface area contributed by atoms with Crippen molar-refractivity contribution in [2.75, 3.05) is 12.3 Å². The van der Waals surface area contributed by atoms with Gasteiger partial charge in [-0.25, -0.2) is 18.4 Å². The lowest BCUT2D eigenvalue weighted by Gasteiger charge is -2.21. The van der Waals surface area contributed by atoms with Gasteiger partial charge in [-0.1, -0.05) is 0 Å². The lowest BCUT2D eigenvalue weighted by atomic mass is 10.2. The second-order valence-electron chi connectivity index (χ2n) is 6.09. The predicted molar refractivity (Wildman–Crippen MR) is 104 cm³/mol. The van der Waals surface area contributed by atoms with Crippen molar-refractivity contribution < 1.29 is 51.7 Å². The van der Waals surface area contributed by atoms with Crippen LogP contribution in [0.2, 0.25) is 0 Å². The highest BCUT2D eigenvalue weighted by Gasteiger charge is 2.41. The summed E-state index contributed by atoms with van der Waals surface area (Å²) >= 11 is 4.50. The molecule has 1 saturated heterocycles. The van der Waals surface area contributed by atoms with Crippen molar-refractivity contribution in [3.63, 3.8) is 0 Å². The summed E-state index contributed by atoms with van der Waals surface area (Å²) in [4.78, 5) is 58.2. The molecule has 2 unspecified atom stereocenters. The van der Waals surface area contributed by atoms with Gasteiger partial charge in [0.15, 0.2) is 11.2 Å². The molecule has 0 amide bonds. The van der Waals surface area contributed by atoms with Crippen LogP contribution in [0, 0.1) is 0 Å². The first-order valence-corrected chi connectivity index (χ1v) is 13.6. The van der Waals surface area contributed by atoms with E-state index in [4.69, 9.17) is 24.8 Å². The molecule has 0 saturated carbocycles. The van der Waals surface area contributed by atoms with Gasteiger partial charge >= 0.3 is 22.4 Å². The second-order valence-corrected chi connectivity index (χ2v) is 11.9. The van der Waals surface area contributed by atoms with E-state index >= 15 is 0 Å². The van der Waals surface area contributed by atoms with Crippen LogP contribution in [0.4, 0.5) is 5.95 Å². The first kappa shape index (κ1) is 24.5. The monoisotopic (exact) mass is 523 g/mol. The van der Waals surface area contributed by atoms with Crippen molar-refractivity contribution in [3.05, 3.63) is 16.7 Å². The van der Waals surface area contributed by atoms with Gasteiger partial charge in [0.2, 0.25) is 5.95 Å². The van der Waals surface area contributed by atoms with Crippen molar-refractivity contribution in [2.24, 2.45) is 0 Å². The van der Waals surface area contributed by atoms with Gasteiger partial charge in [0, 0.05) is 6.42 Å². The molecule has 5 atom stereocenters. The van der Waals surface area contributed by atoms with Crippen molar-refractivity contribution in [2.45, 2.75) is 24.9 Å². The van der Waals surface area contributed by atoms with E-state index in [9.17, 15) is 28.8 Å². The van der Waals surface area contributed by atoms with E-state index in [2.05, 4.69) is 35.4 Å². The largest absolute Gasteiger partial charge is 0.488 e. The number of nitrogen functional groups attached to an aromatic ring is 1. The number of nitrogens with two attached hydrogens (primary N) is 1. The number of nitrogens with zero attached hydrogens (tertiary/aromatic N) is 3. The van der Waals surface area contributed by atoms with E-state index in [1.807, 2.05) is 0 Å². The van der Waals surface area contributed by atoms with Gasteiger partial charge in [0.1, 0.15) is 12.3 Å². The van der Waals surface area contributed by atoms with Crippen LogP contribution in [-0.2, 0) is 38.8 Å². The fourth-order valence-electron chi connectivity index (χ4n) is 2.66. The highest BCUT2D eigenvalue weighted by atomic mass is 32.5. The number of hydrogen-bond donors (Lipinski definition) is 7. The summed E-state index contributed by atoms with van der Waals surface area (Å²) in [5.41, 5.74) is 5.01. The van der Waals surface area contributed by atoms with Crippen LogP contribution >= 0.6 is 22.4 Å². The molecule has 1 aliphatic rings. The van der Waals surface area contributed by atoms with Gasteiger partial charge in [0.05, 0.1) is 19.0 Å². The maximum Gasteiger partial charge on any atom is 0.488 e. The van der Waals surface area contributed by atoms with E-state index in [1.54, 1.807) is 0 Å². The second kappa shape index (κ2) is 8.68. The van der Waals surface area contributed by atoms with E-state index in [0.29, 0.717) is 0 Å². The van der Waals surface area contributed by atoms with E-state index in [1.165, 1.54) is 10.9 Å². The summed E-state index contributed by atoms with van der Waals surface area (Å²) in [6, 6.07) is 0. The van der Waals surface area contributed by atoms with Crippen LogP contribution in [0.15, 0.2) is 11.1 Å². The average molecular weight is 523 g/mol. The smallest absolute Gasteiger partial charge is 0.390 e. The summed E-state index contributed by atoms with van der Waals surface area (Å²) in [6.45, 7) is -5.18. The Morgan fingerprint density at radius 2 is 2.00 bits per heavy atom. The molecule has 1 aliphatic heterocycles. The SMILES string of the molecule is Nc1nc2c(ncn2[C@H]2C[C@H](O)[C@@H](COP(O)(=S)OP(=O)(O)OP(=O)(O)O)O2)c(=O)[nH]1. The lowest BCUT2D eigenvalue weighted by molar-refractivity contribution is -0.0399. The maximum atomic E-state index is 11.9. The fraction of sp³-hybridized carbons (Fsp3) is 0.500. The summed E-state index contributed by atoms with van der Waals surface area (Å²) in [5, 5.41) is 10.2. The Kier molecular flexibility index (Phi) is 6.87. The number of phosphoric acid groups is 2. The van der Waals surface area contributed by atoms with Gasteiger partial charge in [-0.05, 0) is 11.8 Å². The number of rotatable bonds is 8. The number of ether oxygens (including phenoxy) is 1. The minimum absolute atomic E-state index is 0.0185. The standard InChI is InChI=1S/C10H16N5O12P3S/c11-10-13-8-7(9(17)14-10)12-3-15(8)6-1-4(16)5(25-6)2-24-30(23,31)27-29(21,22)26-28(18,19)20/h3-6,16H,1-2H2,(H,21,22)(H,23,31)(H2,18,19,20)(H3,11,13,14,17)/t4-,5+,6+,30?/m0/s1. The van der Waals surface area contributed by atoms with Gasteiger partial charge in [-0.2, -0.15) is 9.29 Å². The molecule has 0 spiro atoms. The summed E-state index contributed by atoms with van der Waals surface area (Å²) in [5.74, 6) is -0.165.